The number of nitrogens with one attached hydrogen (secondary N) is 1. The zero-order chi connectivity index (χ0) is 16.7. The van der Waals surface area contributed by atoms with Crippen molar-refractivity contribution in [3.63, 3.8) is 0 Å². The van der Waals surface area contributed by atoms with E-state index >= 15 is 0 Å². The van der Waals surface area contributed by atoms with Gasteiger partial charge in [0.25, 0.3) is 0 Å². The highest BCUT2D eigenvalue weighted by molar-refractivity contribution is 7.98. The van der Waals surface area contributed by atoms with Gasteiger partial charge in [0.2, 0.25) is 10.0 Å². The predicted molar refractivity (Wildman–Crippen MR) is 94.5 cm³/mol. The lowest BCUT2D eigenvalue weighted by Gasteiger charge is -2.18. The van der Waals surface area contributed by atoms with Gasteiger partial charge in [0, 0.05) is 5.75 Å². The summed E-state index contributed by atoms with van der Waals surface area (Å²) < 4.78 is 27.7. The zero-order valence-corrected chi connectivity index (χ0v) is 14.4. The number of rotatable bonds is 7. The molecule has 2 aromatic rings. The van der Waals surface area contributed by atoms with Crippen LogP contribution in [0.25, 0.3) is 0 Å². The number of nitriles is 1. The van der Waals surface area contributed by atoms with Gasteiger partial charge >= 0.3 is 0 Å². The number of hydrogen-bond acceptors (Lipinski definition) is 4. The van der Waals surface area contributed by atoms with E-state index in [0.29, 0.717) is 16.9 Å². The fourth-order valence-electron chi connectivity index (χ4n) is 2.26. The second-order valence-electron chi connectivity index (χ2n) is 5.11. The van der Waals surface area contributed by atoms with Gasteiger partial charge in [-0.2, -0.15) is 17.0 Å². The van der Waals surface area contributed by atoms with Crippen molar-refractivity contribution in [1.82, 2.24) is 4.72 Å². The Balaban J connectivity index is 2.16. The summed E-state index contributed by atoms with van der Waals surface area (Å²) in [7, 11) is -3.50. The second-order valence-corrected chi connectivity index (χ2v) is 7.77. The van der Waals surface area contributed by atoms with Crippen LogP contribution < -0.4 is 4.72 Å². The molecule has 0 bridgehead atoms. The molecule has 0 aliphatic rings. The molecule has 1 unspecified atom stereocenters. The Kier molecular flexibility index (Phi) is 6.22. The third kappa shape index (κ3) is 5.39. The fourth-order valence-corrected chi connectivity index (χ4v) is 4.33. The van der Waals surface area contributed by atoms with Gasteiger partial charge in [-0.3, -0.25) is 0 Å². The minimum Gasteiger partial charge on any atom is -0.212 e. The Morgan fingerprint density at radius 1 is 1.17 bits per heavy atom. The van der Waals surface area contributed by atoms with Gasteiger partial charge in [-0.05, 0) is 29.5 Å². The zero-order valence-electron chi connectivity index (χ0n) is 12.8. The Hall–Kier alpha value is -1.81. The monoisotopic (exact) mass is 346 g/mol. The molecule has 0 spiro atoms. The molecule has 4 nitrogen and oxygen atoms in total. The Morgan fingerprint density at radius 3 is 2.57 bits per heavy atom. The molecule has 120 valence electrons. The fraction of sp³-hybridized carbons (Fsp3) is 0.235. The van der Waals surface area contributed by atoms with Crippen molar-refractivity contribution >= 4 is 21.8 Å². The molecule has 23 heavy (non-hydrogen) atoms. The summed E-state index contributed by atoms with van der Waals surface area (Å²) in [6, 6.07) is 18.0. The normalized spacial score (nSPS) is 12.5. The van der Waals surface area contributed by atoms with Crippen LogP contribution in [-0.4, -0.2) is 20.4 Å². The van der Waals surface area contributed by atoms with Crippen LogP contribution in [0.2, 0.25) is 0 Å². The maximum absolute atomic E-state index is 12.5. The van der Waals surface area contributed by atoms with Crippen LogP contribution in [0.5, 0.6) is 0 Å². The van der Waals surface area contributed by atoms with Gasteiger partial charge in [-0.15, -0.1) is 0 Å². The van der Waals surface area contributed by atoms with E-state index in [2.05, 4.69) is 4.72 Å². The molecule has 2 aromatic carbocycles. The molecule has 2 rings (SSSR count). The van der Waals surface area contributed by atoms with Crippen LogP contribution >= 0.6 is 11.8 Å². The SMILES string of the molecule is CSCC(NS(=O)(=O)Cc1cccc(C#N)c1)c1ccccc1. The number of sulfonamides is 1. The first kappa shape index (κ1) is 17.5. The molecule has 1 atom stereocenters. The average molecular weight is 346 g/mol. The van der Waals surface area contributed by atoms with Crippen molar-refractivity contribution in [3.8, 4) is 6.07 Å². The van der Waals surface area contributed by atoms with Crippen molar-refractivity contribution < 1.29 is 8.42 Å². The first-order valence-electron chi connectivity index (χ1n) is 7.07. The van der Waals surface area contributed by atoms with Gasteiger partial charge in [0.15, 0.2) is 0 Å². The van der Waals surface area contributed by atoms with E-state index in [0.717, 1.165) is 5.56 Å². The molecule has 6 heteroatoms. The molecule has 0 aromatic heterocycles. The number of benzene rings is 2. The minimum atomic E-state index is -3.50. The van der Waals surface area contributed by atoms with Crippen molar-refractivity contribution in [3.05, 3.63) is 71.3 Å². The van der Waals surface area contributed by atoms with E-state index in [1.165, 1.54) is 0 Å². The van der Waals surface area contributed by atoms with Crippen molar-refractivity contribution in [1.29, 1.82) is 5.26 Å². The molecular formula is C17H18N2O2S2. The molecule has 1 N–H and O–H groups in total. The lowest BCUT2D eigenvalue weighted by Crippen LogP contribution is -2.31. The van der Waals surface area contributed by atoms with Crippen molar-refractivity contribution in [2.45, 2.75) is 11.8 Å². The van der Waals surface area contributed by atoms with E-state index < -0.39 is 10.0 Å². The van der Waals surface area contributed by atoms with E-state index in [1.54, 1.807) is 36.0 Å². The third-order valence-electron chi connectivity index (χ3n) is 3.27. The second kappa shape index (κ2) is 8.16. The van der Waals surface area contributed by atoms with E-state index in [4.69, 9.17) is 5.26 Å². The molecule has 0 fully saturated rings. The van der Waals surface area contributed by atoms with Gasteiger partial charge in [0.1, 0.15) is 0 Å². The summed E-state index contributed by atoms with van der Waals surface area (Å²) in [5.74, 6) is 0.516. The van der Waals surface area contributed by atoms with Gasteiger partial charge in [0.05, 0.1) is 23.4 Å². The molecule has 0 saturated carbocycles. The predicted octanol–water partition coefficient (Wildman–Crippen LogP) is 3.08. The molecule has 0 heterocycles. The highest BCUT2D eigenvalue weighted by Gasteiger charge is 2.19. The number of nitrogens with zero attached hydrogens (tertiary/aromatic N) is 1. The van der Waals surface area contributed by atoms with E-state index in [-0.39, 0.29) is 11.8 Å². The Labute approximate surface area is 141 Å². The topological polar surface area (TPSA) is 70.0 Å². The summed E-state index contributed by atoms with van der Waals surface area (Å²) in [6.07, 6.45) is 1.95. The van der Waals surface area contributed by atoms with Gasteiger partial charge < -0.3 is 0 Å². The molecule has 0 radical (unpaired) electrons. The summed E-state index contributed by atoms with van der Waals surface area (Å²) in [6.45, 7) is 0. The van der Waals surface area contributed by atoms with Crippen LogP contribution in [0.1, 0.15) is 22.7 Å². The summed E-state index contributed by atoms with van der Waals surface area (Å²) in [4.78, 5) is 0. The van der Waals surface area contributed by atoms with Crippen LogP contribution in [0.4, 0.5) is 0 Å². The number of thioether (sulfide) groups is 1. The minimum absolute atomic E-state index is 0.139. The van der Waals surface area contributed by atoms with Crippen LogP contribution in [0, 0.1) is 11.3 Å². The summed E-state index contributed by atoms with van der Waals surface area (Å²) in [5, 5.41) is 8.91. The Bertz CT molecular complexity index is 784. The highest BCUT2D eigenvalue weighted by atomic mass is 32.2. The van der Waals surface area contributed by atoms with E-state index in [9.17, 15) is 8.42 Å². The van der Waals surface area contributed by atoms with Crippen LogP contribution in [0.15, 0.2) is 54.6 Å². The van der Waals surface area contributed by atoms with Gasteiger partial charge in [-0.1, -0.05) is 42.5 Å². The lowest BCUT2D eigenvalue weighted by molar-refractivity contribution is 0.567. The summed E-state index contributed by atoms with van der Waals surface area (Å²) >= 11 is 1.59. The molecule has 0 amide bonds. The van der Waals surface area contributed by atoms with Crippen molar-refractivity contribution in [2.24, 2.45) is 0 Å². The van der Waals surface area contributed by atoms with Gasteiger partial charge in [-0.25, -0.2) is 13.1 Å². The molecule has 0 aliphatic heterocycles. The third-order valence-corrected chi connectivity index (χ3v) is 5.29. The maximum atomic E-state index is 12.5. The first-order valence-corrected chi connectivity index (χ1v) is 10.1. The Morgan fingerprint density at radius 2 is 1.91 bits per heavy atom. The van der Waals surface area contributed by atoms with Crippen LogP contribution in [-0.2, 0) is 15.8 Å². The summed E-state index contributed by atoms with van der Waals surface area (Å²) in [5.41, 5.74) is 2.00. The van der Waals surface area contributed by atoms with E-state index in [1.807, 2.05) is 42.7 Å². The largest absolute Gasteiger partial charge is 0.216 e. The molecule has 0 saturated heterocycles. The highest BCUT2D eigenvalue weighted by Crippen LogP contribution is 2.19. The number of hydrogen-bond donors (Lipinski definition) is 1. The quantitative estimate of drug-likeness (QED) is 0.836. The molecular weight excluding hydrogens is 328 g/mol. The first-order chi connectivity index (χ1) is 11.0. The maximum Gasteiger partial charge on any atom is 0.216 e. The lowest BCUT2D eigenvalue weighted by atomic mass is 10.1. The van der Waals surface area contributed by atoms with Crippen molar-refractivity contribution in [2.75, 3.05) is 12.0 Å². The van der Waals surface area contributed by atoms with Crippen LogP contribution in [0.3, 0.4) is 0 Å². The smallest absolute Gasteiger partial charge is 0.212 e. The molecule has 0 aliphatic carbocycles. The standard InChI is InChI=1S/C17H18N2O2S2/c1-22-12-17(16-8-3-2-4-9-16)19-23(20,21)13-15-7-5-6-14(10-15)11-18/h2-10,17,19H,12-13H2,1H3. The average Bonchev–Trinajstić information content (AvgIpc) is 2.55.